The van der Waals surface area contributed by atoms with Crippen molar-refractivity contribution in [1.29, 1.82) is 0 Å². The molecule has 2 aromatic rings. The van der Waals surface area contributed by atoms with E-state index < -0.39 is 5.97 Å². The van der Waals surface area contributed by atoms with Crippen molar-refractivity contribution in [2.75, 3.05) is 16.4 Å². The Balaban J connectivity index is 1.82. The third kappa shape index (κ3) is 7.32. The van der Waals surface area contributed by atoms with E-state index in [-0.39, 0.29) is 30.4 Å². The molecule has 3 N–H and O–H groups in total. The lowest BCUT2D eigenvalue weighted by Crippen LogP contribution is -2.14. The average Bonchev–Trinajstić information content (AvgIpc) is 2.62. The number of carbonyl (C=O) groups excluding carboxylic acids is 2. The second kappa shape index (κ2) is 9.99. The maximum Gasteiger partial charge on any atom is 0.303 e. The van der Waals surface area contributed by atoms with Crippen molar-refractivity contribution >= 4 is 52.5 Å². The largest absolute Gasteiger partial charge is 0.481 e. The third-order valence-corrected chi connectivity index (χ3v) is 4.79. The molecule has 0 atom stereocenters. The van der Waals surface area contributed by atoms with Crippen LogP contribution in [0.2, 0.25) is 5.02 Å². The van der Waals surface area contributed by atoms with Crippen LogP contribution in [-0.4, -0.2) is 28.6 Å². The molecular formula is C19H19ClN2O4S. The maximum atomic E-state index is 12.1. The molecule has 2 amide bonds. The number of carbonyl (C=O) groups is 3. The normalized spacial score (nSPS) is 10.3. The molecule has 0 heterocycles. The molecule has 0 unspecified atom stereocenters. The van der Waals surface area contributed by atoms with Crippen LogP contribution >= 0.6 is 23.4 Å². The Hall–Kier alpha value is -2.51. The highest BCUT2D eigenvalue weighted by molar-refractivity contribution is 8.00. The van der Waals surface area contributed by atoms with Crippen LogP contribution in [0.15, 0.2) is 47.4 Å². The van der Waals surface area contributed by atoms with Gasteiger partial charge < -0.3 is 15.7 Å². The van der Waals surface area contributed by atoms with Crippen molar-refractivity contribution < 1.29 is 19.5 Å². The van der Waals surface area contributed by atoms with Crippen molar-refractivity contribution in [3.8, 4) is 0 Å². The van der Waals surface area contributed by atoms with Crippen LogP contribution in [-0.2, 0) is 14.4 Å². The first-order valence-electron chi connectivity index (χ1n) is 8.14. The Morgan fingerprint density at radius 1 is 1.00 bits per heavy atom. The number of carboxylic acid groups (broad SMARTS) is 1. The number of anilines is 2. The summed E-state index contributed by atoms with van der Waals surface area (Å²) in [5.74, 6) is -1.27. The summed E-state index contributed by atoms with van der Waals surface area (Å²) in [4.78, 5) is 35.0. The zero-order valence-corrected chi connectivity index (χ0v) is 16.2. The minimum atomic E-state index is -1.01. The molecule has 0 aliphatic carbocycles. The summed E-state index contributed by atoms with van der Waals surface area (Å²) in [6.07, 6.45) is -0.282. The number of hydrogen-bond donors (Lipinski definition) is 3. The molecule has 0 bridgehead atoms. The van der Waals surface area contributed by atoms with Crippen molar-refractivity contribution in [3.05, 3.63) is 53.1 Å². The topological polar surface area (TPSA) is 95.5 Å². The van der Waals surface area contributed by atoms with Gasteiger partial charge >= 0.3 is 5.97 Å². The molecular weight excluding hydrogens is 388 g/mol. The fourth-order valence-corrected chi connectivity index (χ4v) is 3.01. The SMILES string of the molecule is Cc1ccc(Cl)cc1NC(=O)CSc1ccc(NC(=O)CCC(=O)O)cc1. The van der Waals surface area contributed by atoms with Crippen LogP contribution in [0.1, 0.15) is 18.4 Å². The van der Waals surface area contributed by atoms with Gasteiger partial charge in [0.15, 0.2) is 0 Å². The highest BCUT2D eigenvalue weighted by Crippen LogP contribution is 2.23. The average molecular weight is 407 g/mol. The summed E-state index contributed by atoms with van der Waals surface area (Å²) >= 11 is 7.31. The van der Waals surface area contributed by atoms with Gasteiger partial charge in [-0.25, -0.2) is 0 Å². The lowest BCUT2D eigenvalue weighted by molar-refractivity contribution is -0.138. The summed E-state index contributed by atoms with van der Waals surface area (Å²) in [5, 5.41) is 14.6. The molecule has 8 heteroatoms. The van der Waals surface area contributed by atoms with E-state index in [0.29, 0.717) is 16.4 Å². The van der Waals surface area contributed by atoms with Gasteiger partial charge in [-0.15, -0.1) is 11.8 Å². The molecule has 0 saturated carbocycles. The van der Waals surface area contributed by atoms with Crippen molar-refractivity contribution in [2.45, 2.75) is 24.7 Å². The minimum absolute atomic E-state index is 0.0745. The maximum absolute atomic E-state index is 12.1. The molecule has 0 radical (unpaired) electrons. The monoisotopic (exact) mass is 406 g/mol. The highest BCUT2D eigenvalue weighted by atomic mass is 35.5. The second-order valence-electron chi connectivity index (χ2n) is 5.76. The number of carboxylic acids is 1. The van der Waals surface area contributed by atoms with Gasteiger partial charge in [0, 0.05) is 27.7 Å². The van der Waals surface area contributed by atoms with Crippen LogP contribution in [0.25, 0.3) is 0 Å². The summed E-state index contributed by atoms with van der Waals surface area (Å²) in [5.41, 5.74) is 2.20. The summed E-state index contributed by atoms with van der Waals surface area (Å²) < 4.78 is 0. The molecule has 0 aliphatic heterocycles. The quantitative estimate of drug-likeness (QED) is 0.571. The van der Waals surface area contributed by atoms with Crippen LogP contribution in [0, 0.1) is 6.92 Å². The van der Waals surface area contributed by atoms with Gasteiger partial charge in [0.2, 0.25) is 11.8 Å². The molecule has 6 nitrogen and oxygen atoms in total. The Bertz CT molecular complexity index is 840. The molecule has 0 fully saturated rings. The number of rotatable bonds is 8. The minimum Gasteiger partial charge on any atom is -0.481 e. The van der Waals surface area contributed by atoms with Gasteiger partial charge in [-0.1, -0.05) is 17.7 Å². The number of aryl methyl sites for hydroxylation is 1. The summed E-state index contributed by atoms with van der Waals surface area (Å²) in [6.45, 7) is 1.89. The Morgan fingerprint density at radius 2 is 1.70 bits per heavy atom. The molecule has 0 spiro atoms. The number of aliphatic carboxylic acids is 1. The van der Waals surface area contributed by atoms with E-state index in [4.69, 9.17) is 16.7 Å². The van der Waals surface area contributed by atoms with E-state index in [1.807, 2.05) is 13.0 Å². The van der Waals surface area contributed by atoms with Crippen LogP contribution in [0.5, 0.6) is 0 Å². The summed E-state index contributed by atoms with van der Waals surface area (Å²) in [6, 6.07) is 12.3. The van der Waals surface area contributed by atoms with E-state index in [9.17, 15) is 14.4 Å². The van der Waals surface area contributed by atoms with Gasteiger partial charge in [-0.3, -0.25) is 14.4 Å². The van der Waals surface area contributed by atoms with Crippen molar-refractivity contribution in [1.82, 2.24) is 0 Å². The first-order valence-corrected chi connectivity index (χ1v) is 9.50. The fraction of sp³-hybridized carbons (Fsp3) is 0.211. The van der Waals surface area contributed by atoms with E-state index >= 15 is 0 Å². The van der Waals surface area contributed by atoms with Crippen molar-refractivity contribution in [3.63, 3.8) is 0 Å². The molecule has 142 valence electrons. The molecule has 2 aromatic carbocycles. The van der Waals surface area contributed by atoms with Crippen LogP contribution < -0.4 is 10.6 Å². The zero-order valence-electron chi connectivity index (χ0n) is 14.6. The van der Waals surface area contributed by atoms with E-state index in [1.165, 1.54) is 11.8 Å². The Kier molecular flexibility index (Phi) is 7.69. The van der Waals surface area contributed by atoms with Gasteiger partial charge in [0.1, 0.15) is 0 Å². The first-order chi connectivity index (χ1) is 12.8. The number of thioether (sulfide) groups is 1. The number of benzene rings is 2. The third-order valence-electron chi connectivity index (χ3n) is 3.55. The van der Waals surface area contributed by atoms with Crippen LogP contribution in [0.4, 0.5) is 11.4 Å². The molecule has 0 aromatic heterocycles. The van der Waals surface area contributed by atoms with Gasteiger partial charge in [-0.2, -0.15) is 0 Å². The zero-order chi connectivity index (χ0) is 19.8. The van der Waals surface area contributed by atoms with E-state index in [2.05, 4.69) is 10.6 Å². The summed E-state index contributed by atoms with van der Waals surface area (Å²) in [7, 11) is 0. The highest BCUT2D eigenvalue weighted by Gasteiger charge is 2.08. The van der Waals surface area contributed by atoms with Crippen LogP contribution in [0.3, 0.4) is 0 Å². The molecule has 0 aliphatic rings. The number of amides is 2. The lowest BCUT2D eigenvalue weighted by atomic mass is 10.2. The molecule has 27 heavy (non-hydrogen) atoms. The lowest BCUT2D eigenvalue weighted by Gasteiger charge is -2.09. The van der Waals surface area contributed by atoms with Gasteiger partial charge in [-0.05, 0) is 48.9 Å². The number of hydrogen-bond acceptors (Lipinski definition) is 4. The first kappa shape index (κ1) is 20.8. The van der Waals surface area contributed by atoms with Gasteiger partial charge in [0.25, 0.3) is 0 Å². The second-order valence-corrected chi connectivity index (χ2v) is 7.25. The predicted molar refractivity (Wildman–Crippen MR) is 107 cm³/mol. The van der Waals surface area contributed by atoms with E-state index in [1.54, 1.807) is 36.4 Å². The Labute approximate surface area is 166 Å². The smallest absolute Gasteiger partial charge is 0.303 e. The predicted octanol–water partition coefficient (Wildman–Crippen LogP) is 4.18. The molecule has 2 rings (SSSR count). The van der Waals surface area contributed by atoms with E-state index in [0.717, 1.165) is 10.5 Å². The van der Waals surface area contributed by atoms with Gasteiger partial charge in [0.05, 0.1) is 12.2 Å². The fourth-order valence-electron chi connectivity index (χ4n) is 2.14. The number of nitrogens with one attached hydrogen (secondary N) is 2. The van der Waals surface area contributed by atoms with Crippen molar-refractivity contribution in [2.24, 2.45) is 0 Å². The standard InChI is InChI=1S/C19H19ClN2O4S/c1-12-2-3-13(20)10-16(12)22-18(24)11-27-15-6-4-14(5-7-15)21-17(23)8-9-19(25)26/h2-7,10H,8-9,11H2,1H3,(H,21,23)(H,22,24)(H,25,26). The molecule has 0 saturated heterocycles. The Morgan fingerprint density at radius 3 is 2.37 bits per heavy atom. The number of halogens is 1.